The Labute approximate surface area is 131 Å². The molecule has 6 nitrogen and oxygen atoms in total. The maximum Gasteiger partial charge on any atom is 0.276 e. The number of thiazole rings is 1. The molecule has 2 aromatic heterocycles. The summed E-state index contributed by atoms with van der Waals surface area (Å²) in [5.41, 5.74) is 5.88. The van der Waals surface area contributed by atoms with Gasteiger partial charge in [0.05, 0.1) is 5.01 Å². The van der Waals surface area contributed by atoms with Gasteiger partial charge in [0.1, 0.15) is 10.7 Å². The maximum atomic E-state index is 12.1. The molecule has 2 aromatic rings. The van der Waals surface area contributed by atoms with E-state index in [1.54, 1.807) is 5.38 Å². The van der Waals surface area contributed by atoms with Gasteiger partial charge in [-0.15, -0.1) is 21.5 Å². The van der Waals surface area contributed by atoms with Gasteiger partial charge in [0.15, 0.2) is 0 Å². The third-order valence-corrected chi connectivity index (χ3v) is 5.05. The van der Waals surface area contributed by atoms with Gasteiger partial charge in [-0.05, 0) is 19.4 Å². The van der Waals surface area contributed by atoms with E-state index in [1.807, 2.05) is 0 Å². The fraction of sp³-hybridized carbons (Fsp3) is 0.538. The minimum absolute atomic E-state index is 0.248. The summed E-state index contributed by atoms with van der Waals surface area (Å²) in [5.74, 6) is 0.158. The zero-order chi connectivity index (χ0) is 15.2. The second-order valence-electron chi connectivity index (χ2n) is 4.58. The van der Waals surface area contributed by atoms with Crippen LogP contribution in [0, 0.1) is 0 Å². The highest BCUT2D eigenvalue weighted by atomic mass is 32.1. The number of rotatable bonds is 7. The van der Waals surface area contributed by atoms with E-state index < -0.39 is 0 Å². The van der Waals surface area contributed by atoms with Crippen LogP contribution in [0.5, 0.6) is 0 Å². The third kappa shape index (κ3) is 4.05. The molecule has 1 amide bonds. The lowest BCUT2D eigenvalue weighted by Crippen LogP contribution is -2.12. The van der Waals surface area contributed by atoms with Crippen molar-refractivity contribution in [3.63, 3.8) is 0 Å². The molecule has 21 heavy (non-hydrogen) atoms. The lowest BCUT2D eigenvalue weighted by atomic mass is 10.1. The number of nitrogens with zero attached hydrogens (tertiary/aromatic N) is 3. The summed E-state index contributed by atoms with van der Waals surface area (Å²) in [5, 5.41) is 15.1. The molecule has 0 atom stereocenters. The normalized spacial score (nSPS) is 11.0. The van der Waals surface area contributed by atoms with Crippen molar-refractivity contribution in [1.29, 1.82) is 0 Å². The Morgan fingerprint density at radius 1 is 1.38 bits per heavy atom. The molecule has 0 saturated carbocycles. The Kier molecular flexibility index (Phi) is 5.77. The minimum atomic E-state index is -0.248. The van der Waals surface area contributed by atoms with Crippen molar-refractivity contribution >= 4 is 33.7 Å². The lowest BCUT2D eigenvalue weighted by Gasteiger charge is -2.05. The molecule has 0 saturated heterocycles. The number of carbonyl (C=O) groups excluding carboxylic acids is 1. The van der Waals surface area contributed by atoms with Gasteiger partial charge in [-0.3, -0.25) is 10.1 Å². The fourth-order valence-electron chi connectivity index (χ4n) is 1.90. The molecular weight excluding hydrogens is 306 g/mol. The maximum absolute atomic E-state index is 12.1. The van der Waals surface area contributed by atoms with Gasteiger partial charge in [0.25, 0.3) is 5.91 Å². The van der Waals surface area contributed by atoms with Gasteiger partial charge in [-0.2, -0.15) is 0 Å². The van der Waals surface area contributed by atoms with Gasteiger partial charge in [0.2, 0.25) is 5.13 Å². The summed E-state index contributed by atoms with van der Waals surface area (Å²) in [4.78, 5) is 16.3. The summed E-state index contributed by atoms with van der Waals surface area (Å²) in [7, 11) is 0. The molecular formula is C13H19N5OS2. The predicted octanol–water partition coefficient (Wildman–Crippen LogP) is 2.65. The van der Waals surface area contributed by atoms with Crippen molar-refractivity contribution in [3.8, 4) is 0 Å². The summed E-state index contributed by atoms with van der Waals surface area (Å²) < 4.78 is 0. The first-order valence-corrected chi connectivity index (χ1v) is 8.66. The topological polar surface area (TPSA) is 93.8 Å². The standard InChI is InChI=1S/C13H19N5OS2/c1-3-8(4-2)12-17-18-13(21-12)16-11(19)9-7-20-10(15-9)5-6-14/h7-8H,3-6,14H2,1-2H3,(H,16,18,19). The van der Waals surface area contributed by atoms with E-state index >= 15 is 0 Å². The van der Waals surface area contributed by atoms with Crippen LogP contribution in [0.2, 0.25) is 0 Å². The van der Waals surface area contributed by atoms with E-state index in [2.05, 4.69) is 34.3 Å². The molecule has 0 aliphatic rings. The molecule has 2 rings (SSSR count). The molecule has 0 aliphatic heterocycles. The van der Waals surface area contributed by atoms with Crippen molar-refractivity contribution < 1.29 is 4.79 Å². The molecule has 0 fully saturated rings. The van der Waals surface area contributed by atoms with E-state index in [1.165, 1.54) is 22.7 Å². The molecule has 0 unspecified atom stereocenters. The average molecular weight is 325 g/mol. The van der Waals surface area contributed by atoms with E-state index in [9.17, 15) is 4.79 Å². The van der Waals surface area contributed by atoms with E-state index in [0.717, 1.165) is 22.9 Å². The van der Waals surface area contributed by atoms with Gasteiger partial charge in [0, 0.05) is 17.7 Å². The summed E-state index contributed by atoms with van der Waals surface area (Å²) in [6.07, 6.45) is 2.73. The van der Waals surface area contributed by atoms with Crippen LogP contribution in [0.25, 0.3) is 0 Å². The number of nitrogens with one attached hydrogen (secondary N) is 1. The molecule has 0 spiro atoms. The van der Waals surface area contributed by atoms with Crippen molar-refractivity contribution in [1.82, 2.24) is 15.2 Å². The Hall–Kier alpha value is -1.38. The number of hydrogen-bond acceptors (Lipinski definition) is 7. The van der Waals surface area contributed by atoms with Crippen molar-refractivity contribution in [2.24, 2.45) is 5.73 Å². The van der Waals surface area contributed by atoms with Crippen LogP contribution in [-0.4, -0.2) is 27.6 Å². The fourth-order valence-corrected chi connectivity index (χ4v) is 3.70. The Morgan fingerprint density at radius 2 is 2.14 bits per heavy atom. The zero-order valence-corrected chi connectivity index (χ0v) is 13.8. The minimum Gasteiger partial charge on any atom is -0.330 e. The first-order valence-electron chi connectivity index (χ1n) is 6.97. The van der Waals surface area contributed by atoms with Crippen LogP contribution < -0.4 is 11.1 Å². The van der Waals surface area contributed by atoms with Crippen LogP contribution in [0.15, 0.2) is 5.38 Å². The molecule has 0 bridgehead atoms. The average Bonchev–Trinajstić information content (AvgIpc) is 3.11. The van der Waals surface area contributed by atoms with Gasteiger partial charge >= 0.3 is 0 Å². The van der Waals surface area contributed by atoms with Crippen LogP contribution in [0.1, 0.15) is 53.1 Å². The first kappa shape index (κ1) is 16.0. The van der Waals surface area contributed by atoms with Crippen LogP contribution in [-0.2, 0) is 6.42 Å². The highest BCUT2D eigenvalue weighted by Gasteiger charge is 2.16. The summed E-state index contributed by atoms with van der Waals surface area (Å²) in [6.45, 7) is 4.79. The molecule has 0 aromatic carbocycles. The van der Waals surface area contributed by atoms with Gasteiger partial charge in [-0.1, -0.05) is 25.2 Å². The predicted molar refractivity (Wildman–Crippen MR) is 86.1 cm³/mol. The van der Waals surface area contributed by atoms with E-state index in [-0.39, 0.29) is 5.91 Å². The lowest BCUT2D eigenvalue weighted by molar-refractivity contribution is 0.102. The Balaban J connectivity index is 2.02. The van der Waals surface area contributed by atoms with E-state index in [0.29, 0.717) is 29.7 Å². The Bertz CT molecular complexity index is 591. The highest BCUT2D eigenvalue weighted by molar-refractivity contribution is 7.15. The molecule has 114 valence electrons. The highest BCUT2D eigenvalue weighted by Crippen LogP contribution is 2.28. The second-order valence-corrected chi connectivity index (χ2v) is 6.53. The number of carbonyl (C=O) groups is 1. The molecule has 2 heterocycles. The van der Waals surface area contributed by atoms with E-state index in [4.69, 9.17) is 5.73 Å². The molecule has 8 heteroatoms. The zero-order valence-electron chi connectivity index (χ0n) is 12.1. The van der Waals surface area contributed by atoms with Gasteiger partial charge < -0.3 is 5.73 Å². The van der Waals surface area contributed by atoms with Crippen LogP contribution in [0.3, 0.4) is 0 Å². The molecule has 0 radical (unpaired) electrons. The largest absolute Gasteiger partial charge is 0.330 e. The second kappa shape index (κ2) is 7.58. The smallest absolute Gasteiger partial charge is 0.276 e. The summed E-state index contributed by atoms with van der Waals surface area (Å²) >= 11 is 2.88. The first-order chi connectivity index (χ1) is 10.2. The summed E-state index contributed by atoms with van der Waals surface area (Å²) in [6, 6.07) is 0. The van der Waals surface area contributed by atoms with Crippen molar-refractivity contribution in [3.05, 3.63) is 21.1 Å². The Morgan fingerprint density at radius 3 is 2.81 bits per heavy atom. The van der Waals surface area contributed by atoms with Crippen LogP contribution in [0.4, 0.5) is 5.13 Å². The molecule has 0 aliphatic carbocycles. The van der Waals surface area contributed by atoms with Crippen molar-refractivity contribution in [2.45, 2.75) is 39.0 Å². The number of aromatic nitrogens is 3. The third-order valence-electron chi connectivity index (χ3n) is 3.14. The monoisotopic (exact) mass is 325 g/mol. The van der Waals surface area contributed by atoms with Crippen LogP contribution >= 0.6 is 22.7 Å². The SMILES string of the molecule is CCC(CC)c1nnc(NC(=O)c2csc(CCN)n2)s1. The van der Waals surface area contributed by atoms with Gasteiger partial charge in [-0.25, -0.2) is 4.98 Å². The number of anilines is 1. The number of hydrogen-bond donors (Lipinski definition) is 2. The number of amides is 1. The molecule has 3 N–H and O–H groups in total. The van der Waals surface area contributed by atoms with Crippen molar-refractivity contribution in [2.75, 3.05) is 11.9 Å². The number of nitrogens with two attached hydrogens (primary N) is 1. The quantitative estimate of drug-likeness (QED) is 0.816.